The first-order valence-electron chi connectivity index (χ1n) is 10.4. The van der Waals surface area contributed by atoms with Crippen molar-refractivity contribution in [3.63, 3.8) is 0 Å². The molecule has 0 aliphatic carbocycles. The molecule has 0 aliphatic heterocycles. The molecule has 0 bridgehead atoms. The first kappa shape index (κ1) is 26.5. The van der Waals surface area contributed by atoms with Gasteiger partial charge in [-0.05, 0) is 82.2 Å². The van der Waals surface area contributed by atoms with E-state index in [0.717, 1.165) is 31.2 Å². The third-order valence-corrected chi connectivity index (χ3v) is 16.3. The van der Waals surface area contributed by atoms with Crippen LogP contribution in [0.2, 0.25) is 36.3 Å². The number of hydrogen-bond donors (Lipinski definition) is 0. The topological polar surface area (TPSA) is 35.5 Å². The highest BCUT2D eigenvalue weighted by atomic mass is 127. The van der Waals surface area contributed by atoms with Crippen molar-refractivity contribution in [1.29, 1.82) is 0 Å². The summed E-state index contributed by atoms with van der Waals surface area (Å²) in [6, 6.07) is 6.82. The molecule has 0 spiro atoms. The fourth-order valence-electron chi connectivity index (χ4n) is 3.36. The zero-order chi connectivity index (χ0) is 20.2. The van der Waals surface area contributed by atoms with E-state index in [9.17, 15) is 4.79 Å². The number of rotatable bonds is 15. The summed E-state index contributed by atoms with van der Waals surface area (Å²) in [5.41, 5.74) is 0. The normalized spacial score (nSPS) is 14.5. The zero-order valence-electron chi connectivity index (χ0n) is 18.1. The van der Waals surface area contributed by atoms with E-state index in [2.05, 4.69) is 70.2 Å². The third-order valence-electron chi connectivity index (χ3n) is 6.01. The van der Waals surface area contributed by atoms with Gasteiger partial charge in [0.15, 0.2) is 22.4 Å². The zero-order valence-corrected chi connectivity index (χ0v) is 22.3. The summed E-state index contributed by atoms with van der Waals surface area (Å²) < 4.78 is 14.0. The minimum absolute atomic E-state index is 0.156. The van der Waals surface area contributed by atoms with Crippen molar-refractivity contribution >= 4 is 45.0 Å². The molecule has 0 N–H and O–H groups in total. The number of hydrogen-bond acceptors (Lipinski definition) is 3. The maximum Gasteiger partial charge on any atom is 0.193 e. The lowest BCUT2D eigenvalue weighted by atomic mass is 10.2. The molecule has 0 heterocycles. The molecule has 3 nitrogen and oxygen atoms in total. The molecular weight excluding hydrogens is 471 g/mol. The fraction of sp³-hybridized carbons (Fsp3) is 0.850. The number of carbonyl (C=O) groups excluding carboxylic acids is 1. The van der Waals surface area contributed by atoms with E-state index in [1.165, 1.54) is 21.7 Å². The molecular formula is C20H41IO3Si2. The summed E-state index contributed by atoms with van der Waals surface area (Å²) in [5, 5.41) is 0. The molecule has 0 aromatic heterocycles. The van der Waals surface area contributed by atoms with E-state index in [4.69, 9.17) is 8.85 Å². The molecule has 0 rings (SSSR count). The van der Waals surface area contributed by atoms with Gasteiger partial charge in [-0.2, -0.15) is 0 Å². The highest BCUT2D eigenvalue weighted by Crippen LogP contribution is 2.26. The van der Waals surface area contributed by atoms with Crippen LogP contribution in [0.4, 0.5) is 0 Å². The predicted molar refractivity (Wildman–Crippen MR) is 127 cm³/mol. The Labute approximate surface area is 178 Å². The first-order chi connectivity index (χ1) is 12.3. The van der Waals surface area contributed by atoms with Crippen molar-refractivity contribution in [2.24, 2.45) is 0 Å². The average molecular weight is 513 g/mol. The number of carbonyl (C=O) groups is 1. The second kappa shape index (κ2) is 13.6. The van der Waals surface area contributed by atoms with Gasteiger partial charge in [-0.15, -0.1) is 0 Å². The molecule has 0 radical (unpaired) electrons. The van der Waals surface area contributed by atoms with E-state index < -0.39 is 16.6 Å². The van der Waals surface area contributed by atoms with Gasteiger partial charge in [-0.1, -0.05) is 47.6 Å². The van der Waals surface area contributed by atoms with Crippen LogP contribution in [0.15, 0.2) is 9.66 Å². The highest BCUT2D eigenvalue weighted by molar-refractivity contribution is 14.1. The fourth-order valence-corrected chi connectivity index (χ4v) is 9.34. The summed E-state index contributed by atoms with van der Waals surface area (Å²) in [6.07, 6.45) is 3.55. The van der Waals surface area contributed by atoms with Crippen LogP contribution in [-0.2, 0) is 13.6 Å². The van der Waals surface area contributed by atoms with Crippen LogP contribution in [-0.4, -0.2) is 35.1 Å². The molecule has 0 fully saturated rings. The summed E-state index contributed by atoms with van der Waals surface area (Å²) >= 11 is 2.39. The summed E-state index contributed by atoms with van der Waals surface area (Å²) in [6.45, 7) is 15.9. The van der Waals surface area contributed by atoms with Crippen LogP contribution in [0.25, 0.3) is 0 Å². The lowest BCUT2D eigenvalue weighted by Gasteiger charge is -2.32. The lowest BCUT2D eigenvalue weighted by Crippen LogP contribution is -2.42. The van der Waals surface area contributed by atoms with Crippen LogP contribution < -0.4 is 0 Å². The van der Waals surface area contributed by atoms with Gasteiger partial charge in [0.25, 0.3) is 0 Å². The van der Waals surface area contributed by atoms with Crippen LogP contribution in [0.5, 0.6) is 0 Å². The lowest BCUT2D eigenvalue weighted by molar-refractivity contribution is -0.123. The third kappa shape index (κ3) is 8.67. The van der Waals surface area contributed by atoms with Crippen molar-refractivity contribution < 1.29 is 13.6 Å². The van der Waals surface area contributed by atoms with E-state index >= 15 is 0 Å². The standard InChI is InChI=1S/C20H41IO3Si2/c1-8-25(9-2,10-3)23-17-16-19(21)14-15-20(18(7)22)24-26(11-4,12-5)13-6/h14,20H,8-13,15-17H2,1-7H3/b19-14-/t20-/m0/s1. The molecule has 0 saturated heterocycles. The molecule has 26 heavy (non-hydrogen) atoms. The van der Waals surface area contributed by atoms with Gasteiger partial charge in [0.2, 0.25) is 0 Å². The Morgan fingerprint density at radius 2 is 1.38 bits per heavy atom. The molecule has 0 aliphatic rings. The Balaban J connectivity index is 4.74. The van der Waals surface area contributed by atoms with Crippen molar-refractivity contribution in [1.82, 2.24) is 0 Å². The number of Topliss-reactive ketones (excluding diaryl/α,β-unsaturated/α-hetero) is 1. The van der Waals surface area contributed by atoms with E-state index in [0.29, 0.717) is 6.42 Å². The quantitative estimate of drug-likeness (QED) is 0.174. The van der Waals surface area contributed by atoms with Gasteiger partial charge < -0.3 is 8.85 Å². The van der Waals surface area contributed by atoms with E-state index in [1.54, 1.807) is 6.92 Å². The smallest absolute Gasteiger partial charge is 0.193 e. The van der Waals surface area contributed by atoms with Crippen molar-refractivity contribution in [3.8, 4) is 0 Å². The summed E-state index contributed by atoms with van der Waals surface area (Å²) in [5.74, 6) is 0.156. The largest absolute Gasteiger partial charge is 0.416 e. The van der Waals surface area contributed by atoms with Gasteiger partial charge in [-0.3, -0.25) is 4.79 Å². The minimum atomic E-state index is -1.75. The molecule has 6 heteroatoms. The summed E-state index contributed by atoms with van der Waals surface area (Å²) in [4.78, 5) is 12.1. The van der Waals surface area contributed by atoms with Crippen LogP contribution in [0, 0.1) is 0 Å². The SMILES string of the molecule is CC[Si](CC)(CC)OCC/C(I)=C/C[C@H](O[Si](CC)(CC)CC)C(C)=O. The molecule has 0 saturated carbocycles. The van der Waals surface area contributed by atoms with Gasteiger partial charge in [0.1, 0.15) is 6.10 Å². The van der Waals surface area contributed by atoms with Crippen molar-refractivity contribution in [2.45, 2.75) is 104 Å². The van der Waals surface area contributed by atoms with E-state index in [1.807, 2.05) is 0 Å². The monoisotopic (exact) mass is 512 g/mol. The second-order valence-electron chi connectivity index (χ2n) is 7.19. The maximum atomic E-state index is 12.1. The van der Waals surface area contributed by atoms with Crippen LogP contribution >= 0.6 is 22.6 Å². The Kier molecular flexibility index (Phi) is 13.9. The van der Waals surface area contributed by atoms with Gasteiger partial charge in [-0.25, -0.2) is 0 Å². The van der Waals surface area contributed by atoms with Crippen LogP contribution in [0.1, 0.15) is 61.3 Å². The van der Waals surface area contributed by atoms with Gasteiger partial charge in [0.05, 0.1) is 0 Å². The Bertz CT molecular complexity index is 416. The van der Waals surface area contributed by atoms with Crippen LogP contribution in [0.3, 0.4) is 0 Å². The first-order valence-corrected chi connectivity index (χ1v) is 16.6. The Morgan fingerprint density at radius 3 is 1.77 bits per heavy atom. The van der Waals surface area contributed by atoms with Crippen molar-refractivity contribution in [2.75, 3.05) is 6.61 Å². The molecule has 0 unspecified atom stereocenters. The number of ketones is 1. The highest BCUT2D eigenvalue weighted by Gasteiger charge is 2.33. The molecule has 0 aromatic carbocycles. The maximum absolute atomic E-state index is 12.1. The Morgan fingerprint density at radius 1 is 0.923 bits per heavy atom. The van der Waals surface area contributed by atoms with Crippen molar-refractivity contribution in [3.05, 3.63) is 9.66 Å². The predicted octanol–water partition coefficient (Wildman–Crippen LogP) is 7.09. The Hall–Kier alpha value is 0.494. The van der Waals surface area contributed by atoms with Gasteiger partial charge in [0, 0.05) is 6.61 Å². The molecule has 0 aromatic rings. The number of halogens is 1. The minimum Gasteiger partial charge on any atom is -0.416 e. The van der Waals surface area contributed by atoms with Gasteiger partial charge >= 0.3 is 0 Å². The summed E-state index contributed by atoms with van der Waals surface area (Å²) in [7, 11) is -3.25. The molecule has 1 atom stereocenters. The van der Waals surface area contributed by atoms with E-state index in [-0.39, 0.29) is 11.9 Å². The molecule has 0 amide bonds. The second-order valence-corrected chi connectivity index (χ2v) is 18.1. The average Bonchev–Trinajstić information content (AvgIpc) is 2.66. The molecule has 154 valence electrons.